The van der Waals surface area contributed by atoms with E-state index in [1.807, 2.05) is 62.4 Å². The molecule has 1 aliphatic carbocycles. The molecule has 3 nitrogen and oxygen atoms in total. The lowest BCUT2D eigenvalue weighted by atomic mass is 10.1. The van der Waals surface area contributed by atoms with Crippen LogP contribution in [0.2, 0.25) is 0 Å². The Hall–Kier alpha value is -2.23. The Morgan fingerprint density at radius 2 is 1.77 bits per heavy atom. The molecule has 0 amide bonds. The summed E-state index contributed by atoms with van der Waals surface area (Å²) in [6, 6.07) is 18.2. The van der Waals surface area contributed by atoms with Gasteiger partial charge in [0, 0.05) is 6.54 Å². The number of para-hydroxylation sites is 1. The average molecular weight is 437 g/mol. The van der Waals surface area contributed by atoms with Gasteiger partial charge < -0.3 is 4.74 Å². The molecule has 0 aliphatic heterocycles. The predicted molar refractivity (Wildman–Crippen MR) is 110 cm³/mol. The third-order valence-electron chi connectivity index (χ3n) is 5.95. The molecular formula is C23H24ClF3N2O. The largest absolute Gasteiger partial charge is 0.457 e. The van der Waals surface area contributed by atoms with Gasteiger partial charge in [-0.3, -0.25) is 5.32 Å². The van der Waals surface area contributed by atoms with Crippen molar-refractivity contribution in [3.05, 3.63) is 60.2 Å². The molecular weight excluding hydrogens is 413 g/mol. The van der Waals surface area contributed by atoms with Crippen LogP contribution in [0.3, 0.4) is 0 Å². The molecule has 3 rings (SSSR count). The van der Waals surface area contributed by atoms with Gasteiger partial charge in [0.1, 0.15) is 22.9 Å². The van der Waals surface area contributed by atoms with E-state index in [1.165, 1.54) is 0 Å². The van der Waals surface area contributed by atoms with Crippen LogP contribution in [0.25, 0.3) is 0 Å². The maximum Gasteiger partial charge on any atom is 0.404 e. The second-order valence-electron chi connectivity index (χ2n) is 8.24. The number of ether oxygens (including phenoxy) is 1. The second kappa shape index (κ2) is 8.87. The van der Waals surface area contributed by atoms with Crippen LogP contribution in [0.4, 0.5) is 13.2 Å². The summed E-state index contributed by atoms with van der Waals surface area (Å²) in [7, 11) is 0. The second-order valence-corrected chi connectivity index (χ2v) is 8.76. The third-order valence-corrected chi connectivity index (χ3v) is 6.37. The fraction of sp³-hybridized carbons (Fsp3) is 0.435. The number of benzene rings is 2. The molecule has 0 radical (unpaired) electrons. The lowest BCUT2D eigenvalue weighted by Gasteiger charge is -2.15. The quantitative estimate of drug-likeness (QED) is 0.482. The van der Waals surface area contributed by atoms with E-state index in [-0.39, 0.29) is 23.7 Å². The molecule has 1 saturated carbocycles. The molecule has 0 saturated heterocycles. The highest BCUT2D eigenvalue weighted by Gasteiger charge is 2.59. The summed E-state index contributed by atoms with van der Waals surface area (Å²) < 4.78 is 44.2. The van der Waals surface area contributed by atoms with E-state index in [1.54, 1.807) is 6.07 Å². The van der Waals surface area contributed by atoms with Crippen molar-refractivity contribution in [1.82, 2.24) is 5.32 Å². The molecule has 0 bridgehead atoms. The first-order valence-corrected chi connectivity index (χ1v) is 10.2. The molecule has 0 spiro atoms. The van der Waals surface area contributed by atoms with Crippen LogP contribution in [0.15, 0.2) is 54.6 Å². The van der Waals surface area contributed by atoms with Gasteiger partial charge in [-0.15, -0.1) is 11.6 Å². The zero-order valence-electron chi connectivity index (χ0n) is 16.8. The standard InChI is InChI=1S/C23H24ClF3N2O/c1-22(2)18(12-21(24)23(25,26)27)19(22)14-29-20(13-28)15-7-6-10-17(11-15)30-16-8-4-3-5-9-16/h3-11,18-21,29H,12,14H2,1-2H3. The number of hydrogen-bond donors (Lipinski definition) is 1. The monoisotopic (exact) mass is 436 g/mol. The molecule has 30 heavy (non-hydrogen) atoms. The predicted octanol–water partition coefficient (Wildman–Crippen LogP) is 6.47. The summed E-state index contributed by atoms with van der Waals surface area (Å²) in [5.41, 5.74) is 0.496. The van der Waals surface area contributed by atoms with Gasteiger partial charge >= 0.3 is 6.18 Å². The average Bonchev–Trinajstić information content (AvgIpc) is 3.21. The lowest BCUT2D eigenvalue weighted by Crippen LogP contribution is -2.25. The summed E-state index contributed by atoms with van der Waals surface area (Å²) >= 11 is 5.54. The number of nitriles is 1. The van der Waals surface area contributed by atoms with E-state index in [0.29, 0.717) is 18.0 Å². The number of alkyl halides is 4. The van der Waals surface area contributed by atoms with E-state index >= 15 is 0 Å². The smallest absolute Gasteiger partial charge is 0.404 e. The van der Waals surface area contributed by atoms with Gasteiger partial charge in [-0.2, -0.15) is 18.4 Å². The van der Waals surface area contributed by atoms with Crippen molar-refractivity contribution in [3.8, 4) is 17.6 Å². The summed E-state index contributed by atoms with van der Waals surface area (Å²) in [5.74, 6) is 1.20. The topological polar surface area (TPSA) is 45.0 Å². The Balaban J connectivity index is 1.61. The van der Waals surface area contributed by atoms with Crippen molar-refractivity contribution < 1.29 is 17.9 Å². The summed E-state index contributed by atoms with van der Waals surface area (Å²) in [5, 5.41) is 11.0. The molecule has 0 heterocycles. The molecule has 4 atom stereocenters. The maximum absolute atomic E-state index is 12.8. The van der Waals surface area contributed by atoms with Crippen LogP contribution in [-0.4, -0.2) is 18.1 Å². The Morgan fingerprint density at radius 3 is 2.40 bits per heavy atom. The molecule has 0 aromatic heterocycles. The minimum atomic E-state index is -4.40. The highest BCUT2D eigenvalue weighted by atomic mass is 35.5. The van der Waals surface area contributed by atoms with Gasteiger partial charge in [0.05, 0.1) is 6.07 Å². The molecule has 1 fully saturated rings. The molecule has 4 unspecified atom stereocenters. The van der Waals surface area contributed by atoms with Crippen LogP contribution in [-0.2, 0) is 0 Å². The van der Waals surface area contributed by atoms with Crippen LogP contribution in [0.5, 0.6) is 11.5 Å². The first-order valence-electron chi connectivity index (χ1n) is 9.79. The molecule has 2 aromatic carbocycles. The number of halogens is 4. The number of nitrogens with zero attached hydrogens (tertiary/aromatic N) is 1. The van der Waals surface area contributed by atoms with Crippen molar-refractivity contribution in [1.29, 1.82) is 5.26 Å². The highest BCUT2D eigenvalue weighted by Crippen LogP contribution is 2.61. The maximum atomic E-state index is 12.8. The first kappa shape index (κ1) is 22.5. The van der Waals surface area contributed by atoms with Gasteiger partial charge in [-0.05, 0) is 53.5 Å². The number of rotatable bonds is 8. The van der Waals surface area contributed by atoms with E-state index in [4.69, 9.17) is 16.3 Å². The summed E-state index contributed by atoms with van der Waals surface area (Å²) in [6.07, 6.45) is -4.51. The lowest BCUT2D eigenvalue weighted by molar-refractivity contribution is -0.132. The summed E-state index contributed by atoms with van der Waals surface area (Å²) in [6.45, 7) is 4.33. The normalized spacial score (nSPS) is 22.0. The van der Waals surface area contributed by atoms with Gasteiger partial charge in [0.25, 0.3) is 0 Å². The number of nitrogens with one attached hydrogen (secondary N) is 1. The van der Waals surface area contributed by atoms with Crippen LogP contribution >= 0.6 is 11.6 Å². The van der Waals surface area contributed by atoms with Gasteiger partial charge in [-0.1, -0.05) is 44.2 Å². The van der Waals surface area contributed by atoms with Crippen molar-refractivity contribution in [3.63, 3.8) is 0 Å². The van der Waals surface area contributed by atoms with Crippen molar-refractivity contribution in [2.24, 2.45) is 17.3 Å². The van der Waals surface area contributed by atoms with Crippen molar-refractivity contribution >= 4 is 11.6 Å². The van der Waals surface area contributed by atoms with E-state index in [0.717, 1.165) is 5.56 Å². The fourth-order valence-electron chi connectivity index (χ4n) is 3.95. The minimum absolute atomic E-state index is 0.0284. The Bertz CT molecular complexity index is 895. The van der Waals surface area contributed by atoms with Crippen molar-refractivity contribution in [2.45, 2.75) is 37.9 Å². The Morgan fingerprint density at radius 1 is 1.10 bits per heavy atom. The van der Waals surface area contributed by atoms with Gasteiger partial charge in [0.2, 0.25) is 0 Å². The minimum Gasteiger partial charge on any atom is -0.457 e. The Kier molecular flexibility index (Phi) is 6.64. The molecule has 1 N–H and O–H groups in total. The van der Waals surface area contributed by atoms with Gasteiger partial charge in [0.15, 0.2) is 0 Å². The first-order chi connectivity index (χ1) is 14.1. The van der Waals surface area contributed by atoms with Crippen molar-refractivity contribution in [2.75, 3.05) is 6.54 Å². The summed E-state index contributed by atoms with van der Waals surface area (Å²) in [4.78, 5) is 0. The van der Waals surface area contributed by atoms with Crippen LogP contribution in [0.1, 0.15) is 31.9 Å². The third kappa shape index (κ3) is 5.27. The van der Waals surface area contributed by atoms with E-state index in [9.17, 15) is 18.4 Å². The zero-order valence-corrected chi connectivity index (χ0v) is 17.5. The van der Waals surface area contributed by atoms with Gasteiger partial charge in [-0.25, -0.2) is 0 Å². The van der Waals surface area contributed by atoms with E-state index < -0.39 is 17.6 Å². The zero-order chi connectivity index (χ0) is 21.9. The molecule has 1 aliphatic rings. The fourth-order valence-corrected chi connectivity index (χ4v) is 4.14. The molecule has 7 heteroatoms. The van der Waals surface area contributed by atoms with Crippen LogP contribution in [0, 0.1) is 28.6 Å². The van der Waals surface area contributed by atoms with Crippen LogP contribution < -0.4 is 10.1 Å². The SMILES string of the molecule is CC1(C)C(CNC(C#N)c2cccc(Oc3ccccc3)c2)C1CC(Cl)C(F)(F)F. The number of hydrogen-bond acceptors (Lipinski definition) is 3. The molecule has 160 valence electrons. The van der Waals surface area contributed by atoms with E-state index in [2.05, 4.69) is 11.4 Å². The highest BCUT2D eigenvalue weighted by molar-refractivity contribution is 6.21. The molecule has 2 aromatic rings. The Labute approximate surface area is 179 Å².